The second-order valence-electron chi connectivity index (χ2n) is 4.65. The zero-order chi connectivity index (χ0) is 10.8. The number of hydrogen-bond donors (Lipinski definition) is 1. The molecule has 1 saturated heterocycles. The first-order valence-corrected chi connectivity index (χ1v) is 6.09. The first kappa shape index (κ1) is 9.91. The molecule has 2 heteroatoms. The van der Waals surface area contributed by atoms with Gasteiger partial charge >= 0.3 is 0 Å². The van der Waals surface area contributed by atoms with E-state index in [1.807, 2.05) is 6.07 Å². The van der Waals surface area contributed by atoms with Crippen molar-refractivity contribution in [2.75, 3.05) is 13.1 Å². The SMILES string of the molecule is c1cc(CC2CCNCC2)c2occc2c1. The molecule has 3 rings (SSSR count). The lowest BCUT2D eigenvalue weighted by Crippen LogP contribution is -2.28. The van der Waals surface area contributed by atoms with E-state index in [1.165, 1.54) is 36.9 Å². The summed E-state index contributed by atoms with van der Waals surface area (Å²) in [5.74, 6) is 0.817. The van der Waals surface area contributed by atoms with Gasteiger partial charge in [0.2, 0.25) is 0 Å². The maximum atomic E-state index is 5.57. The molecule has 0 amide bonds. The molecule has 1 N–H and O–H groups in total. The average molecular weight is 215 g/mol. The Hall–Kier alpha value is -1.28. The van der Waals surface area contributed by atoms with Crippen molar-refractivity contribution in [1.29, 1.82) is 0 Å². The van der Waals surface area contributed by atoms with Crippen LogP contribution in [-0.2, 0) is 6.42 Å². The monoisotopic (exact) mass is 215 g/mol. The maximum Gasteiger partial charge on any atom is 0.137 e. The normalized spacial score (nSPS) is 18.0. The Labute approximate surface area is 95.6 Å². The van der Waals surface area contributed by atoms with Crippen molar-refractivity contribution in [3.63, 3.8) is 0 Å². The number of fused-ring (bicyclic) bond motifs is 1. The summed E-state index contributed by atoms with van der Waals surface area (Å²) in [5.41, 5.74) is 2.45. The third-order valence-electron chi connectivity index (χ3n) is 3.53. The number of benzene rings is 1. The van der Waals surface area contributed by atoms with Gasteiger partial charge in [-0.3, -0.25) is 0 Å². The van der Waals surface area contributed by atoms with Gasteiger partial charge in [0.15, 0.2) is 0 Å². The summed E-state index contributed by atoms with van der Waals surface area (Å²) in [5, 5.41) is 4.64. The summed E-state index contributed by atoms with van der Waals surface area (Å²) < 4.78 is 5.57. The van der Waals surface area contributed by atoms with Gasteiger partial charge in [-0.05, 0) is 49.9 Å². The molecule has 2 aromatic rings. The Morgan fingerprint density at radius 3 is 2.94 bits per heavy atom. The standard InChI is InChI=1S/C14H17NO/c1-2-12-6-9-16-14(12)13(3-1)10-11-4-7-15-8-5-11/h1-3,6,9,11,15H,4-5,7-8,10H2. The molecule has 2 nitrogen and oxygen atoms in total. The predicted molar refractivity (Wildman–Crippen MR) is 65.5 cm³/mol. The Kier molecular flexibility index (Phi) is 2.66. The van der Waals surface area contributed by atoms with Crippen LogP contribution in [0.25, 0.3) is 11.0 Å². The Balaban J connectivity index is 1.85. The highest BCUT2D eigenvalue weighted by Crippen LogP contribution is 2.25. The summed E-state index contributed by atoms with van der Waals surface area (Å²) in [6.07, 6.45) is 5.53. The van der Waals surface area contributed by atoms with Crippen LogP contribution in [0.2, 0.25) is 0 Å². The molecule has 0 unspecified atom stereocenters. The first-order valence-electron chi connectivity index (χ1n) is 6.09. The summed E-state index contributed by atoms with van der Waals surface area (Å²) in [6, 6.07) is 8.49. The molecule has 0 bridgehead atoms. The van der Waals surface area contributed by atoms with Gasteiger partial charge in [0.25, 0.3) is 0 Å². The molecule has 0 saturated carbocycles. The minimum Gasteiger partial charge on any atom is -0.464 e. The second kappa shape index (κ2) is 4.30. The van der Waals surface area contributed by atoms with Crippen LogP contribution in [0.1, 0.15) is 18.4 Å². The van der Waals surface area contributed by atoms with Crippen LogP contribution in [0.15, 0.2) is 34.9 Å². The zero-order valence-electron chi connectivity index (χ0n) is 9.41. The van der Waals surface area contributed by atoms with E-state index >= 15 is 0 Å². The molecule has 16 heavy (non-hydrogen) atoms. The van der Waals surface area contributed by atoms with Gasteiger partial charge < -0.3 is 9.73 Å². The molecule has 0 aliphatic carbocycles. The van der Waals surface area contributed by atoms with Crippen molar-refractivity contribution >= 4 is 11.0 Å². The first-order chi connectivity index (χ1) is 7.93. The number of piperidine rings is 1. The smallest absolute Gasteiger partial charge is 0.137 e. The average Bonchev–Trinajstić information content (AvgIpc) is 2.80. The van der Waals surface area contributed by atoms with Gasteiger partial charge in [0.1, 0.15) is 5.58 Å². The second-order valence-corrected chi connectivity index (χ2v) is 4.65. The van der Waals surface area contributed by atoms with Gasteiger partial charge in [-0.1, -0.05) is 18.2 Å². The number of nitrogens with one attached hydrogen (secondary N) is 1. The van der Waals surface area contributed by atoms with Gasteiger partial charge in [0, 0.05) is 5.39 Å². The van der Waals surface area contributed by atoms with Crippen LogP contribution < -0.4 is 5.32 Å². The lowest BCUT2D eigenvalue weighted by molar-refractivity contribution is 0.372. The molecule has 1 aliphatic heterocycles. The molecule has 1 aromatic carbocycles. The summed E-state index contributed by atoms with van der Waals surface area (Å²) in [4.78, 5) is 0. The number of furan rings is 1. The van der Waals surface area contributed by atoms with Crippen molar-refractivity contribution in [3.8, 4) is 0 Å². The van der Waals surface area contributed by atoms with Gasteiger partial charge in [0.05, 0.1) is 6.26 Å². The van der Waals surface area contributed by atoms with Crippen molar-refractivity contribution in [1.82, 2.24) is 5.32 Å². The molecule has 2 heterocycles. The van der Waals surface area contributed by atoms with Crippen LogP contribution in [-0.4, -0.2) is 13.1 Å². The molecular formula is C14H17NO. The van der Waals surface area contributed by atoms with Crippen molar-refractivity contribution in [3.05, 3.63) is 36.1 Å². The highest BCUT2D eigenvalue weighted by Gasteiger charge is 2.15. The number of para-hydroxylation sites is 1. The van der Waals surface area contributed by atoms with E-state index < -0.39 is 0 Å². The van der Waals surface area contributed by atoms with Crippen LogP contribution >= 0.6 is 0 Å². The minimum atomic E-state index is 0.817. The fourth-order valence-electron chi connectivity index (χ4n) is 2.61. The topological polar surface area (TPSA) is 25.2 Å². The van der Waals surface area contributed by atoms with E-state index in [2.05, 4.69) is 23.5 Å². The summed E-state index contributed by atoms with van der Waals surface area (Å²) in [7, 11) is 0. The van der Waals surface area contributed by atoms with E-state index in [-0.39, 0.29) is 0 Å². The van der Waals surface area contributed by atoms with Gasteiger partial charge in [-0.2, -0.15) is 0 Å². The molecule has 0 spiro atoms. The van der Waals surface area contributed by atoms with Crippen LogP contribution in [0.3, 0.4) is 0 Å². The van der Waals surface area contributed by atoms with Crippen molar-refractivity contribution in [2.45, 2.75) is 19.3 Å². The van der Waals surface area contributed by atoms with Crippen molar-refractivity contribution < 1.29 is 4.42 Å². The third kappa shape index (κ3) is 1.85. The lowest BCUT2D eigenvalue weighted by Gasteiger charge is -2.22. The Morgan fingerprint density at radius 2 is 2.06 bits per heavy atom. The molecule has 84 valence electrons. The predicted octanol–water partition coefficient (Wildman–Crippen LogP) is 2.97. The number of hydrogen-bond acceptors (Lipinski definition) is 2. The van der Waals surface area contributed by atoms with E-state index in [9.17, 15) is 0 Å². The van der Waals surface area contributed by atoms with E-state index in [0.29, 0.717) is 0 Å². The molecular weight excluding hydrogens is 198 g/mol. The fraction of sp³-hybridized carbons (Fsp3) is 0.429. The maximum absolute atomic E-state index is 5.57. The molecule has 1 aliphatic rings. The number of rotatable bonds is 2. The minimum absolute atomic E-state index is 0.817. The van der Waals surface area contributed by atoms with Gasteiger partial charge in [-0.15, -0.1) is 0 Å². The molecule has 0 atom stereocenters. The van der Waals surface area contributed by atoms with E-state index in [4.69, 9.17) is 4.42 Å². The highest BCUT2D eigenvalue weighted by molar-refractivity contribution is 5.80. The molecule has 0 radical (unpaired) electrons. The summed E-state index contributed by atoms with van der Waals surface area (Å²) in [6.45, 7) is 2.33. The Bertz CT molecular complexity index is 468. The molecule has 1 aromatic heterocycles. The van der Waals surface area contributed by atoms with Crippen molar-refractivity contribution in [2.24, 2.45) is 5.92 Å². The zero-order valence-corrected chi connectivity index (χ0v) is 9.41. The summed E-state index contributed by atoms with van der Waals surface area (Å²) >= 11 is 0. The Morgan fingerprint density at radius 1 is 1.19 bits per heavy atom. The van der Waals surface area contributed by atoms with E-state index in [1.54, 1.807) is 6.26 Å². The largest absolute Gasteiger partial charge is 0.464 e. The highest BCUT2D eigenvalue weighted by atomic mass is 16.3. The quantitative estimate of drug-likeness (QED) is 0.833. The fourth-order valence-corrected chi connectivity index (χ4v) is 2.61. The molecule has 1 fully saturated rings. The lowest BCUT2D eigenvalue weighted by atomic mass is 9.90. The third-order valence-corrected chi connectivity index (χ3v) is 3.53. The van der Waals surface area contributed by atoms with E-state index in [0.717, 1.165) is 17.9 Å². The van der Waals surface area contributed by atoms with Gasteiger partial charge in [-0.25, -0.2) is 0 Å². The van der Waals surface area contributed by atoms with Crippen LogP contribution in [0, 0.1) is 5.92 Å². The van der Waals surface area contributed by atoms with Crippen LogP contribution in [0.4, 0.5) is 0 Å². The van der Waals surface area contributed by atoms with Crippen LogP contribution in [0.5, 0.6) is 0 Å².